The van der Waals surface area contributed by atoms with Crippen LogP contribution in [0, 0.1) is 5.82 Å². The van der Waals surface area contributed by atoms with E-state index in [9.17, 15) is 9.18 Å². The molecule has 1 N–H and O–H groups in total. The molecule has 5 heteroatoms. The van der Waals surface area contributed by atoms with Gasteiger partial charge in [0, 0.05) is 10.9 Å². The number of carbonyl (C=O) groups excluding carboxylic acids is 1. The average Bonchev–Trinajstić information content (AvgIpc) is 2.97. The van der Waals surface area contributed by atoms with Gasteiger partial charge in [-0.1, -0.05) is 18.2 Å². The second kappa shape index (κ2) is 5.81. The van der Waals surface area contributed by atoms with E-state index in [1.165, 1.54) is 24.3 Å². The number of nitrogens with zero attached hydrogens (tertiary/aromatic N) is 1. The molecule has 1 amide bonds. The van der Waals surface area contributed by atoms with E-state index in [2.05, 4.69) is 10.5 Å². The smallest absolute Gasteiger partial charge is 0.271 e. The zero-order valence-corrected chi connectivity index (χ0v) is 11.8. The van der Waals surface area contributed by atoms with Crippen LogP contribution in [0.1, 0.15) is 23.0 Å². The van der Waals surface area contributed by atoms with Crippen LogP contribution in [0.15, 0.2) is 64.1 Å². The summed E-state index contributed by atoms with van der Waals surface area (Å²) in [6, 6.07) is 14.7. The Morgan fingerprint density at radius 2 is 1.86 bits per heavy atom. The van der Waals surface area contributed by atoms with Crippen molar-refractivity contribution in [2.24, 2.45) is 5.10 Å². The number of halogens is 1. The lowest BCUT2D eigenvalue weighted by molar-refractivity contribution is 0.0955. The fraction of sp³-hybridized carbons (Fsp3) is 0.0588. The fourth-order valence-corrected chi connectivity index (χ4v) is 2.02. The largest absolute Gasteiger partial charge is 0.455 e. The van der Waals surface area contributed by atoms with Gasteiger partial charge in [-0.2, -0.15) is 5.10 Å². The van der Waals surface area contributed by atoms with E-state index in [-0.39, 0.29) is 0 Å². The maximum atomic E-state index is 12.8. The molecule has 0 spiro atoms. The molecule has 110 valence electrons. The first-order valence-electron chi connectivity index (χ1n) is 6.72. The summed E-state index contributed by atoms with van der Waals surface area (Å²) in [5, 5.41) is 4.99. The Morgan fingerprint density at radius 3 is 2.59 bits per heavy atom. The zero-order valence-electron chi connectivity index (χ0n) is 11.8. The normalized spacial score (nSPS) is 11.6. The summed E-state index contributed by atoms with van der Waals surface area (Å²) < 4.78 is 18.5. The number of furan rings is 1. The summed E-state index contributed by atoms with van der Waals surface area (Å²) in [6.45, 7) is 1.74. The Balaban J connectivity index is 1.76. The van der Waals surface area contributed by atoms with Crippen LogP contribution in [0.5, 0.6) is 0 Å². The van der Waals surface area contributed by atoms with E-state index in [4.69, 9.17) is 4.42 Å². The second-order valence-corrected chi connectivity index (χ2v) is 4.79. The molecular weight excluding hydrogens is 283 g/mol. The Labute approximate surface area is 126 Å². The quantitative estimate of drug-likeness (QED) is 0.591. The van der Waals surface area contributed by atoms with Crippen LogP contribution in [0.3, 0.4) is 0 Å². The molecular formula is C17H13FN2O2. The van der Waals surface area contributed by atoms with Crippen LogP contribution in [-0.2, 0) is 0 Å². The van der Waals surface area contributed by atoms with Crippen molar-refractivity contribution in [1.82, 2.24) is 5.43 Å². The van der Waals surface area contributed by atoms with Crippen LogP contribution in [-0.4, -0.2) is 11.6 Å². The highest BCUT2D eigenvalue weighted by Crippen LogP contribution is 2.19. The van der Waals surface area contributed by atoms with Crippen molar-refractivity contribution < 1.29 is 13.6 Å². The Hall–Kier alpha value is -2.95. The summed E-state index contributed by atoms with van der Waals surface area (Å²) in [4.78, 5) is 11.9. The Kier molecular flexibility index (Phi) is 3.70. The molecule has 0 fully saturated rings. The lowest BCUT2D eigenvalue weighted by Crippen LogP contribution is -2.19. The highest BCUT2D eigenvalue weighted by molar-refractivity contribution is 6.01. The lowest BCUT2D eigenvalue weighted by atomic mass is 10.2. The summed E-state index contributed by atoms with van der Waals surface area (Å²) >= 11 is 0. The van der Waals surface area contributed by atoms with Gasteiger partial charge in [0.05, 0.1) is 0 Å². The monoisotopic (exact) mass is 296 g/mol. The van der Waals surface area contributed by atoms with E-state index < -0.39 is 11.7 Å². The minimum absolute atomic E-state index is 0.336. The van der Waals surface area contributed by atoms with Gasteiger partial charge in [0.2, 0.25) is 0 Å². The van der Waals surface area contributed by atoms with Crippen LogP contribution in [0.4, 0.5) is 4.39 Å². The number of benzene rings is 2. The topological polar surface area (TPSA) is 54.6 Å². The molecule has 0 aliphatic carbocycles. The molecule has 4 nitrogen and oxygen atoms in total. The Bertz CT molecular complexity index is 817. The van der Waals surface area contributed by atoms with Gasteiger partial charge in [-0.25, -0.2) is 9.82 Å². The molecule has 1 heterocycles. The number of hydrazone groups is 1. The van der Waals surface area contributed by atoms with Gasteiger partial charge >= 0.3 is 0 Å². The van der Waals surface area contributed by atoms with E-state index >= 15 is 0 Å². The minimum Gasteiger partial charge on any atom is -0.455 e. The maximum Gasteiger partial charge on any atom is 0.271 e. The third-order valence-corrected chi connectivity index (χ3v) is 3.21. The standard InChI is InChI=1S/C17H13FN2O2/c1-11(16-10-13-4-2-3-5-15(13)22-16)19-20-17(21)12-6-8-14(18)9-7-12/h2-10H,1H3,(H,20,21). The van der Waals surface area contributed by atoms with Gasteiger partial charge < -0.3 is 4.42 Å². The molecule has 0 aliphatic heterocycles. The second-order valence-electron chi connectivity index (χ2n) is 4.79. The first kappa shape index (κ1) is 14.0. The van der Waals surface area contributed by atoms with Gasteiger partial charge in [-0.3, -0.25) is 4.79 Å². The fourth-order valence-electron chi connectivity index (χ4n) is 2.02. The van der Waals surface area contributed by atoms with Crippen molar-refractivity contribution in [3.05, 3.63) is 71.7 Å². The Morgan fingerprint density at radius 1 is 1.14 bits per heavy atom. The molecule has 0 unspecified atom stereocenters. The molecule has 0 atom stereocenters. The highest BCUT2D eigenvalue weighted by atomic mass is 19.1. The zero-order chi connectivity index (χ0) is 15.5. The molecule has 22 heavy (non-hydrogen) atoms. The first-order chi connectivity index (χ1) is 10.6. The van der Waals surface area contributed by atoms with E-state index in [1.807, 2.05) is 30.3 Å². The van der Waals surface area contributed by atoms with Crippen molar-refractivity contribution >= 4 is 22.6 Å². The molecule has 3 aromatic rings. The van der Waals surface area contributed by atoms with E-state index in [0.29, 0.717) is 17.0 Å². The summed E-state index contributed by atoms with van der Waals surface area (Å²) in [7, 11) is 0. The van der Waals surface area contributed by atoms with Gasteiger partial charge in [-0.05, 0) is 43.3 Å². The molecule has 0 radical (unpaired) electrons. The van der Waals surface area contributed by atoms with Crippen LogP contribution >= 0.6 is 0 Å². The van der Waals surface area contributed by atoms with Crippen molar-refractivity contribution in [2.75, 3.05) is 0 Å². The SMILES string of the molecule is CC(=NNC(=O)c1ccc(F)cc1)c1cc2ccccc2o1. The van der Waals surface area contributed by atoms with Gasteiger partial charge in [0.15, 0.2) is 5.76 Å². The number of nitrogens with one attached hydrogen (secondary N) is 1. The molecule has 0 saturated heterocycles. The summed E-state index contributed by atoms with van der Waals surface area (Å²) in [6.07, 6.45) is 0. The van der Waals surface area contributed by atoms with E-state index in [0.717, 1.165) is 11.0 Å². The predicted molar refractivity (Wildman–Crippen MR) is 82.3 cm³/mol. The molecule has 0 bridgehead atoms. The molecule has 0 aliphatic rings. The third kappa shape index (κ3) is 2.88. The summed E-state index contributed by atoms with van der Waals surface area (Å²) in [5.74, 6) is -0.213. The predicted octanol–water partition coefficient (Wildman–Crippen LogP) is 3.73. The first-order valence-corrected chi connectivity index (χ1v) is 6.72. The van der Waals surface area contributed by atoms with Crippen LogP contribution in [0.25, 0.3) is 11.0 Å². The van der Waals surface area contributed by atoms with Crippen LogP contribution in [0.2, 0.25) is 0 Å². The van der Waals surface area contributed by atoms with Crippen molar-refractivity contribution in [3.63, 3.8) is 0 Å². The van der Waals surface area contributed by atoms with Gasteiger partial charge in [0.1, 0.15) is 17.1 Å². The van der Waals surface area contributed by atoms with Gasteiger partial charge in [0.25, 0.3) is 5.91 Å². The number of hydrogen-bond donors (Lipinski definition) is 1. The number of carbonyl (C=O) groups is 1. The van der Waals surface area contributed by atoms with E-state index in [1.54, 1.807) is 6.92 Å². The molecule has 0 saturated carbocycles. The highest BCUT2D eigenvalue weighted by Gasteiger charge is 2.08. The number of hydrogen-bond acceptors (Lipinski definition) is 3. The van der Waals surface area contributed by atoms with Crippen molar-refractivity contribution in [2.45, 2.75) is 6.92 Å². The lowest BCUT2D eigenvalue weighted by Gasteiger charge is -2.01. The number of para-hydroxylation sites is 1. The number of rotatable bonds is 3. The molecule has 1 aromatic heterocycles. The van der Waals surface area contributed by atoms with Crippen LogP contribution < -0.4 is 5.43 Å². The van der Waals surface area contributed by atoms with Crippen molar-refractivity contribution in [3.8, 4) is 0 Å². The number of fused-ring (bicyclic) bond motifs is 1. The minimum atomic E-state index is -0.407. The van der Waals surface area contributed by atoms with Gasteiger partial charge in [-0.15, -0.1) is 0 Å². The van der Waals surface area contributed by atoms with Crippen molar-refractivity contribution in [1.29, 1.82) is 0 Å². The third-order valence-electron chi connectivity index (χ3n) is 3.21. The molecule has 3 rings (SSSR count). The molecule has 2 aromatic carbocycles. The number of amides is 1. The average molecular weight is 296 g/mol. The summed E-state index contributed by atoms with van der Waals surface area (Å²) in [5.41, 5.74) is 4.07. The maximum absolute atomic E-state index is 12.8.